The first kappa shape index (κ1) is 14.4. The van der Waals surface area contributed by atoms with Crippen molar-refractivity contribution in [1.29, 1.82) is 0 Å². The Morgan fingerprint density at radius 1 is 1.53 bits per heavy atom. The van der Waals surface area contributed by atoms with Gasteiger partial charge in [-0.2, -0.15) is 5.10 Å². The highest BCUT2D eigenvalue weighted by Crippen LogP contribution is 2.19. The molecule has 0 bridgehead atoms. The molecular formula is C12H20BrN3O. The molecule has 0 unspecified atom stereocenters. The van der Waals surface area contributed by atoms with Crippen LogP contribution in [-0.2, 0) is 18.3 Å². The van der Waals surface area contributed by atoms with Gasteiger partial charge in [-0.05, 0) is 29.3 Å². The van der Waals surface area contributed by atoms with Crippen molar-refractivity contribution in [2.75, 3.05) is 19.8 Å². The molecule has 0 saturated heterocycles. The van der Waals surface area contributed by atoms with E-state index in [2.05, 4.69) is 32.9 Å². The Morgan fingerprint density at radius 3 is 2.88 bits per heavy atom. The number of rotatable bonds is 8. The van der Waals surface area contributed by atoms with Crippen molar-refractivity contribution in [3.05, 3.63) is 28.5 Å². The minimum absolute atomic E-state index is 0.724. The summed E-state index contributed by atoms with van der Waals surface area (Å²) in [5.41, 5.74) is 2.18. The summed E-state index contributed by atoms with van der Waals surface area (Å²) in [5.74, 6) is 0. The molecule has 0 amide bonds. The number of halogens is 1. The predicted octanol–water partition coefficient (Wildman–Crippen LogP) is 2.17. The molecule has 1 aromatic rings. The van der Waals surface area contributed by atoms with Crippen molar-refractivity contribution in [2.24, 2.45) is 7.05 Å². The molecule has 1 aromatic heterocycles. The van der Waals surface area contributed by atoms with Gasteiger partial charge in [-0.1, -0.05) is 6.08 Å². The number of ether oxygens (including phenoxy) is 1. The molecule has 17 heavy (non-hydrogen) atoms. The van der Waals surface area contributed by atoms with Gasteiger partial charge in [0.1, 0.15) is 0 Å². The smallest absolute Gasteiger partial charge is 0.0739 e. The van der Waals surface area contributed by atoms with Crippen LogP contribution in [0.2, 0.25) is 0 Å². The first-order valence-electron chi connectivity index (χ1n) is 5.74. The summed E-state index contributed by atoms with van der Waals surface area (Å²) < 4.78 is 8.39. The van der Waals surface area contributed by atoms with E-state index in [0.717, 1.165) is 48.6 Å². The van der Waals surface area contributed by atoms with Crippen LogP contribution in [0.4, 0.5) is 0 Å². The normalized spacial score (nSPS) is 10.8. The van der Waals surface area contributed by atoms with E-state index in [1.807, 2.05) is 24.7 Å². The van der Waals surface area contributed by atoms with Crippen LogP contribution < -0.4 is 5.32 Å². The number of aryl methyl sites for hydroxylation is 2. The minimum Gasteiger partial charge on any atom is -0.380 e. The maximum atomic E-state index is 5.41. The average Bonchev–Trinajstić information content (AvgIpc) is 2.54. The van der Waals surface area contributed by atoms with Gasteiger partial charge in [-0.3, -0.25) is 4.68 Å². The molecule has 0 aliphatic heterocycles. The highest BCUT2D eigenvalue weighted by atomic mass is 79.9. The summed E-state index contributed by atoms with van der Waals surface area (Å²) in [6, 6.07) is 0. The Balaban J connectivity index is 2.20. The van der Waals surface area contributed by atoms with Crippen LogP contribution in [0.25, 0.3) is 0 Å². The average molecular weight is 302 g/mol. The van der Waals surface area contributed by atoms with Gasteiger partial charge < -0.3 is 10.1 Å². The van der Waals surface area contributed by atoms with Crippen LogP contribution in [0.15, 0.2) is 17.1 Å². The van der Waals surface area contributed by atoms with Crippen LogP contribution in [-0.4, -0.2) is 29.5 Å². The minimum atomic E-state index is 0.724. The molecule has 0 aromatic carbocycles. The number of nitrogens with zero attached hydrogens (tertiary/aromatic N) is 2. The SMILES string of the molecule is C=CCCOCCNCc1c(Br)c(C)nn1C. The number of hydrogen-bond acceptors (Lipinski definition) is 3. The molecule has 0 fully saturated rings. The topological polar surface area (TPSA) is 39.1 Å². The van der Waals surface area contributed by atoms with E-state index >= 15 is 0 Å². The van der Waals surface area contributed by atoms with Crippen molar-refractivity contribution >= 4 is 15.9 Å². The fraction of sp³-hybridized carbons (Fsp3) is 0.583. The molecular weight excluding hydrogens is 282 g/mol. The zero-order valence-electron chi connectivity index (χ0n) is 10.5. The van der Waals surface area contributed by atoms with Gasteiger partial charge in [0.25, 0.3) is 0 Å². The van der Waals surface area contributed by atoms with E-state index in [1.165, 1.54) is 0 Å². The van der Waals surface area contributed by atoms with Gasteiger partial charge >= 0.3 is 0 Å². The molecule has 4 nitrogen and oxygen atoms in total. The standard InChI is InChI=1S/C12H20BrN3O/c1-4-5-7-17-8-6-14-9-11-12(13)10(2)15-16(11)3/h4,14H,1,5-9H2,2-3H3. The largest absolute Gasteiger partial charge is 0.380 e. The van der Waals surface area contributed by atoms with Crippen molar-refractivity contribution in [2.45, 2.75) is 19.9 Å². The van der Waals surface area contributed by atoms with Crippen LogP contribution in [0.1, 0.15) is 17.8 Å². The van der Waals surface area contributed by atoms with Crippen molar-refractivity contribution in [1.82, 2.24) is 15.1 Å². The molecule has 0 atom stereocenters. The van der Waals surface area contributed by atoms with Crippen molar-refractivity contribution in [3.8, 4) is 0 Å². The fourth-order valence-electron chi connectivity index (χ4n) is 1.49. The van der Waals surface area contributed by atoms with Crippen LogP contribution in [0.3, 0.4) is 0 Å². The van der Waals surface area contributed by atoms with E-state index in [-0.39, 0.29) is 0 Å². The Hall–Kier alpha value is -0.650. The van der Waals surface area contributed by atoms with Crippen molar-refractivity contribution < 1.29 is 4.74 Å². The highest BCUT2D eigenvalue weighted by Gasteiger charge is 2.09. The molecule has 1 heterocycles. The highest BCUT2D eigenvalue weighted by molar-refractivity contribution is 9.10. The Bertz CT molecular complexity index is 363. The van der Waals surface area contributed by atoms with Gasteiger partial charge in [0.05, 0.1) is 29.1 Å². The maximum absolute atomic E-state index is 5.41. The molecule has 1 rings (SSSR count). The van der Waals surface area contributed by atoms with Gasteiger partial charge in [0.15, 0.2) is 0 Å². The second kappa shape index (κ2) is 7.63. The first-order chi connectivity index (χ1) is 8.16. The quantitative estimate of drug-likeness (QED) is 0.591. The second-order valence-corrected chi connectivity index (χ2v) is 4.63. The van der Waals surface area contributed by atoms with E-state index in [1.54, 1.807) is 0 Å². The Kier molecular flexibility index (Phi) is 6.47. The molecule has 0 aliphatic rings. The Labute approximate surface area is 111 Å². The number of nitrogens with one attached hydrogen (secondary N) is 1. The Morgan fingerprint density at radius 2 is 2.29 bits per heavy atom. The zero-order valence-corrected chi connectivity index (χ0v) is 12.1. The third-order valence-electron chi connectivity index (χ3n) is 2.44. The summed E-state index contributed by atoms with van der Waals surface area (Å²) in [6.45, 7) is 8.75. The lowest BCUT2D eigenvalue weighted by Gasteiger charge is -2.06. The monoisotopic (exact) mass is 301 g/mol. The van der Waals surface area contributed by atoms with E-state index in [9.17, 15) is 0 Å². The third-order valence-corrected chi connectivity index (χ3v) is 3.48. The predicted molar refractivity (Wildman–Crippen MR) is 73.0 cm³/mol. The fourth-order valence-corrected chi connectivity index (χ4v) is 1.97. The zero-order chi connectivity index (χ0) is 12.7. The summed E-state index contributed by atoms with van der Waals surface area (Å²) in [5, 5.41) is 7.67. The second-order valence-electron chi connectivity index (χ2n) is 3.84. The van der Waals surface area contributed by atoms with Gasteiger partial charge in [0.2, 0.25) is 0 Å². The molecule has 96 valence electrons. The summed E-state index contributed by atoms with van der Waals surface area (Å²) in [7, 11) is 1.95. The van der Waals surface area contributed by atoms with Crippen LogP contribution in [0, 0.1) is 6.92 Å². The summed E-state index contributed by atoms with van der Waals surface area (Å²) in [6.07, 6.45) is 2.77. The first-order valence-corrected chi connectivity index (χ1v) is 6.53. The molecule has 0 radical (unpaired) electrons. The maximum Gasteiger partial charge on any atom is 0.0739 e. The van der Waals surface area contributed by atoms with Gasteiger partial charge in [-0.25, -0.2) is 0 Å². The molecule has 0 saturated carbocycles. The summed E-state index contributed by atoms with van der Waals surface area (Å²) >= 11 is 3.54. The molecule has 5 heteroatoms. The lowest BCUT2D eigenvalue weighted by atomic mass is 10.3. The molecule has 0 aliphatic carbocycles. The van der Waals surface area contributed by atoms with Gasteiger partial charge in [-0.15, -0.1) is 6.58 Å². The van der Waals surface area contributed by atoms with E-state index < -0.39 is 0 Å². The third kappa shape index (κ3) is 4.61. The van der Waals surface area contributed by atoms with Crippen LogP contribution in [0.5, 0.6) is 0 Å². The van der Waals surface area contributed by atoms with E-state index in [0.29, 0.717) is 0 Å². The summed E-state index contributed by atoms with van der Waals surface area (Å²) in [4.78, 5) is 0. The molecule has 0 spiro atoms. The van der Waals surface area contributed by atoms with Gasteiger partial charge in [0, 0.05) is 20.1 Å². The number of hydrogen-bond donors (Lipinski definition) is 1. The van der Waals surface area contributed by atoms with E-state index in [4.69, 9.17) is 4.74 Å². The lowest BCUT2D eigenvalue weighted by molar-refractivity contribution is 0.140. The van der Waals surface area contributed by atoms with Crippen molar-refractivity contribution in [3.63, 3.8) is 0 Å². The molecule has 1 N–H and O–H groups in total. The van der Waals surface area contributed by atoms with Crippen LogP contribution >= 0.6 is 15.9 Å². The number of aromatic nitrogens is 2. The lowest BCUT2D eigenvalue weighted by Crippen LogP contribution is -2.21.